The van der Waals surface area contributed by atoms with Gasteiger partial charge in [0.1, 0.15) is 11.9 Å². The quantitative estimate of drug-likeness (QED) is 0.810. The van der Waals surface area contributed by atoms with Crippen LogP contribution in [0.3, 0.4) is 0 Å². The summed E-state index contributed by atoms with van der Waals surface area (Å²) in [5.74, 6) is -0.487. The highest BCUT2D eigenvalue weighted by atomic mass is 79.9. The predicted octanol–water partition coefficient (Wildman–Crippen LogP) is 2.14. The van der Waals surface area contributed by atoms with Crippen LogP contribution < -0.4 is 4.90 Å². The Bertz CT molecular complexity index is 489. The fraction of sp³-hybridized carbons (Fsp3) is 0.300. The maximum Gasteiger partial charge on any atom is 0.414 e. The van der Waals surface area contributed by atoms with Crippen molar-refractivity contribution < 1.29 is 28.2 Å². The maximum atomic E-state index is 13.4. The maximum absolute atomic E-state index is 13.4. The molecule has 0 saturated carbocycles. The molecule has 2 N–H and O–H groups in total. The second-order valence-electron chi connectivity index (χ2n) is 3.76. The van der Waals surface area contributed by atoms with Crippen molar-refractivity contribution in [3.63, 3.8) is 0 Å². The molecular formula is C10H10BrFNO5P. The normalized spacial score (nSPS) is 19.1. The van der Waals surface area contributed by atoms with Gasteiger partial charge in [0.25, 0.3) is 0 Å². The van der Waals surface area contributed by atoms with Gasteiger partial charge in [0, 0.05) is 0 Å². The van der Waals surface area contributed by atoms with Crippen molar-refractivity contribution in [2.75, 3.05) is 18.1 Å². The van der Waals surface area contributed by atoms with Crippen molar-refractivity contribution in [1.82, 2.24) is 0 Å². The molecule has 0 radical (unpaired) electrons. The van der Waals surface area contributed by atoms with E-state index in [1.165, 1.54) is 17.0 Å². The number of hydrogen-bond acceptors (Lipinski definition) is 5. The third kappa shape index (κ3) is 3.61. The Morgan fingerprint density at radius 3 is 2.95 bits per heavy atom. The van der Waals surface area contributed by atoms with Gasteiger partial charge in [-0.15, -0.1) is 0 Å². The molecule has 1 aromatic carbocycles. The number of hydrogen-bond donors (Lipinski definition) is 2. The third-order valence-electron chi connectivity index (χ3n) is 2.46. The molecule has 0 unspecified atom stereocenters. The number of amides is 1. The number of ether oxygens (including phenoxy) is 1. The van der Waals surface area contributed by atoms with Crippen LogP contribution >= 0.6 is 24.5 Å². The molecule has 1 aliphatic rings. The average Bonchev–Trinajstić information content (AvgIpc) is 2.72. The Morgan fingerprint density at radius 2 is 2.32 bits per heavy atom. The van der Waals surface area contributed by atoms with Crippen molar-refractivity contribution in [1.29, 1.82) is 0 Å². The highest BCUT2D eigenvalue weighted by molar-refractivity contribution is 9.10. The second kappa shape index (κ2) is 6.11. The molecule has 1 fully saturated rings. The number of cyclic esters (lactones) is 1. The molecule has 1 aliphatic heterocycles. The Kier molecular flexibility index (Phi) is 4.70. The van der Waals surface area contributed by atoms with E-state index >= 15 is 0 Å². The Balaban J connectivity index is 2.05. The lowest BCUT2D eigenvalue weighted by Gasteiger charge is -2.13. The van der Waals surface area contributed by atoms with E-state index < -0.39 is 26.6 Å². The van der Waals surface area contributed by atoms with Gasteiger partial charge in [-0.25, -0.2) is 9.18 Å². The summed E-state index contributed by atoms with van der Waals surface area (Å²) in [5, 5.41) is 0. The fourth-order valence-corrected chi connectivity index (χ4v) is 2.17. The van der Waals surface area contributed by atoms with Gasteiger partial charge in [0.2, 0.25) is 0 Å². The van der Waals surface area contributed by atoms with E-state index in [4.69, 9.17) is 14.5 Å². The van der Waals surface area contributed by atoms with Gasteiger partial charge in [-0.05, 0) is 34.1 Å². The molecule has 19 heavy (non-hydrogen) atoms. The number of halogens is 2. The zero-order chi connectivity index (χ0) is 14.0. The summed E-state index contributed by atoms with van der Waals surface area (Å²) in [7, 11) is -2.48. The molecule has 9 heteroatoms. The molecule has 1 aromatic rings. The van der Waals surface area contributed by atoms with Crippen LogP contribution in [-0.4, -0.2) is 35.1 Å². The highest BCUT2D eigenvalue weighted by Gasteiger charge is 2.33. The summed E-state index contributed by atoms with van der Waals surface area (Å²) in [6.45, 7) is 0.0308. The number of benzene rings is 1. The molecule has 1 atom stereocenters. The van der Waals surface area contributed by atoms with Crippen LogP contribution in [0, 0.1) is 5.82 Å². The van der Waals surface area contributed by atoms with Crippen LogP contribution in [0.2, 0.25) is 0 Å². The summed E-state index contributed by atoms with van der Waals surface area (Å²) < 4.78 is 23.3. The summed E-state index contributed by atoms with van der Waals surface area (Å²) in [6, 6.07) is 4.27. The Hall–Kier alpha value is -0.790. The topological polar surface area (TPSA) is 79.2 Å². The average molecular weight is 354 g/mol. The lowest BCUT2D eigenvalue weighted by Crippen LogP contribution is -2.25. The van der Waals surface area contributed by atoms with Gasteiger partial charge in [-0.3, -0.25) is 4.90 Å². The first-order valence-electron chi connectivity index (χ1n) is 5.21. The first-order valence-corrected chi connectivity index (χ1v) is 7.17. The molecule has 0 aliphatic carbocycles. The SMILES string of the molecule is O=C1O[C@@H](COP(O)O)CN1c1ccc(Br)c(F)c1. The first kappa shape index (κ1) is 14.6. The smallest absolute Gasteiger partial charge is 0.414 e. The zero-order valence-electron chi connectivity index (χ0n) is 9.49. The van der Waals surface area contributed by atoms with Crippen molar-refractivity contribution in [2.45, 2.75) is 6.10 Å². The zero-order valence-corrected chi connectivity index (χ0v) is 12.0. The summed E-state index contributed by atoms with van der Waals surface area (Å²) in [4.78, 5) is 30.1. The van der Waals surface area contributed by atoms with Crippen molar-refractivity contribution in [3.8, 4) is 0 Å². The predicted molar refractivity (Wildman–Crippen MR) is 69.0 cm³/mol. The highest BCUT2D eigenvalue weighted by Crippen LogP contribution is 2.29. The van der Waals surface area contributed by atoms with E-state index in [-0.39, 0.29) is 13.2 Å². The molecule has 0 bridgehead atoms. The van der Waals surface area contributed by atoms with Crippen molar-refractivity contribution in [3.05, 3.63) is 28.5 Å². The molecule has 6 nitrogen and oxygen atoms in total. The number of carbonyl (C=O) groups excluding carboxylic acids is 1. The molecule has 1 heterocycles. The minimum atomic E-state index is -2.48. The number of rotatable bonds is 4. The van der Waals surface area contributed by atoms with Gasteiger partial charge in [0.05, 0.1) is 23.3 Å². The van der Waals surface area contributed by atoms with Gasteiger partial charge >= 0.3 is 14.7 Å². The second-order valence-corrected chi connectivity index (χ2v) is 5.38. The monoisotopic (exact) mass is 353 g/mol. The summed E-state index contributed by atoms with van der Waals surface area (Å²) >= 11 is 3.02. The lowest BCUT2D eigenvalue weighted by molar-refractivity contribution is 0.0987. The van der Waals surface area contributed by atoms with E-state index in [9.17, 15) is 9.18 Å². The number of anilines is 1. The van der Waals surface area contributed by atoms with Crippen molar-refractivity contribution in [2.24, 2.45) is 0 Å². The van der Waals surface area contributed by atoms with E-state index in [1.807, 2.05) is 0 Å². The van der Waals surface area contributed by atoms with Gasteiger partial charge < -0.3 is 19.0 Å². The standard InChI is InChI=1S/C10H10BrFNO5P/c11-8-2-1-6(3-9(8)12)13-4-7(18-10(13)14)5-17-19(15)16/h1-3,7,15-16H,4-5H2/t7-/m1/s1. The first-order chi connectivity index (χ1) is 8.97. The van der Waals surface area contributed by atoms with Crippen LogP contribution in [0.1, 0.15) is 0 Å². The number of carbonyl (C=O) groups is 1. The molecular weight excluding hydrogens is 344 g/mol. The van der Waals surface area contributed by atoms with E-state index in [0.29, 0.717) is 10.2 Å². The minimum absolute atomic E-state index is 0.125. The van der Waals surface area contributed by atoms with Gasteiger partial charge in [0.15, 0.2) is 0 Å². The van der Waals surface area contributed by atoms with Crippen molar-refractivity contribution >= 4 is 36.3 Å². The van der Waals surface area contributed by atoms with Crippen LogP contribution in [0.25, 0.3) is 0 Å². The van der Waals surface area contributed by atoms with Crippen LogP contribution in [-0.2, 0) is 9.26 Å². The summed E-state index contributed by atoms with van der Waals surface area (Å²) in [5.41, 5.74) is 0.364. The molecule has 1 amide bonds. The van der Waals surface area contributed by atoms with Gasteiger partial charge in [-0.1, -0.05) is 0 Å². The molecule has 0 aromatic heterocycles. The molecule has 2 rings (SSSR count). The lowest BCUT2D eigenvalue weighted by atomic mass is 10.2. The van der Waals surface area contributed by atoms with E-state index in [1.54, 1.807) is 6.07 Å². The molecule has 1 saturated heterocycles. The van der Waals surface area contributed by atoms with E-state index in [0.717, 1.165) is 0 Å². The Morgan fingerprint density at radius 1 is 1.58 bits per heavy atom. The van der Waals surface area contributed by atoms with Crippen LogP contribution in [0.15, 0.2) is 22.7 Å². The third-order valence-corrected chi connectivity index (χ3v) is 3.49. The fourth-order valence-electron chi connectivity index (χ4n) is 1.62. The van der Waals surface area contributed by atoms with E-state index in [2.05, 4.69) is 20.5 Å². The van der Waals surface area contributed by atoms with Crippen LogP contribution in [0.4, 0.5) is 14.9 Å². The number of nitrogens with zero attached hydrogens (tertiary/aromatic N) is 1. The minimum Gasteiger partial charge on any atom is -0.441 e. The largest absolute Gasteiger partial charge is 0.441 e. The summed E-state index contributed by atoms with van der Waals surface area (Å²) in [6.07, 6.45) is -1.25. The molecule has 104 valence electrons. The Labute approximate surface area is 117 Å². The van der Waals surface area contributed by atoms with Gasteiger partial charge in [-0.2, -0.15) is 0 Å². The molecule has 0 spiro atoms. The van der Waals surface area contributed by atoms with Crippen LogP contribution in [0.5, 0.6) is 0 Å².